The molecule has 0 bridgehead atoms. The average molecular weight is 290 g/mol. The fourth-order valence-corrected chi connectivity index (χ4v) is 2.62. The summed E-state index contributed by atoms with van der Waals surface area (Å²) >= 11 is 5.92. The van der Waals surface area contributed by atoms with Crippen molar-refractivity contribution in [1.29, 1.82) is 0 Å². The Morgan fingerprint density at radius 3 is 2.35 bits per heavy atom. The second kappa shape index (κ2) is 5.84. The third-order valence-electron chi connectivity index (χ3n) is 3.66. The Hall–Kier alpha value is -1.54. The number of aryl methyl sites for hydroxylation is 2. The van der Waals surface area contributed by atoms with Gasteiger partial charge in [-0.1, -0.05) is 19.1 Å². The monoisotopic (exact) mass is 289 g/mol. The van der Waals surface area contributed by atoms with Gasteiger partial charge in [-0.2, -0.15) is 0 Å². The van der Waals surface area contributed by atoms with Crippen LogP contribution in [-0.4, -0.2) is 15.7 Å². The number of Topliss-reactive ketones (excluding diaryl/α,β-unsaturated/α-hetero) is 1. The summed E-state index contributed by atoms with van der Waals surface area (Å²) in [6.45, 7) is 7.83. The van der Waals surface area contributed by atoms with Crippen molar-refractivity contribution in [2.45, 2.75) is 39.5 Å². The highest BCUT2D eigenvalue weighted by Gasteiger charge is 2.19. The molecule has 0 aliphatic rings. The van der Waals surface area contributed by atoms with Gasteiger partial charge in [-0.05, 0) is 51.0 Å². The van der Waals surface area contributed by atoms with Crippen LogP contribution in [0.2, 0.25) is 0 Å². The Labute approximate surface area is 125 Å². The van der Waals surface area contributed by atoms with Gasteiger partial charge in [-0.15, -0.1) is 11.6 Å². The zero-order valence-electron chi connectivity index (χ0n) is 12.4. The molecule has 0 spiro atoms. The van der Waals surface area contributed by atoms with E-state index < -0.39 is 5.38 Å². The lowest BCUT2D eigenvalue weighted by molar-refractivity contribution is 0.0991. The molecule has 0 N–H and O–H groups in total. The van der Waals surface area contributed by atoms with Crippen LogP contribution in [0.4, 0.5) is 0 Å². The molecule has 0 saturated carbocycles. The number of nitrogens with zero attached hydrogens (tertiary/aromatic N) is 1. The molecule has 106 valence electrons. The van der Waals surface area contributed by atoms with Crippen molar-refractivity contribution < 1.29 is 4.79 Å². The van der Waals surface area contributed by atoms with Crippen molar-refractivity contribution in [3.8, 4) is 5.69 Å². The van der Waals surface area contributed by atoms with Gasteiger partial charge in [0.1, 0.15) is 0 Å². The van der Waals surface area contributed by atoms with Gasteiger partial charge in [-0.25, -0.2) is 0 Å². The first-order valence-corrected chi connectivity index (χ1v) is 7.36. The van der Waals surface area contributed by atoms with Gasteiger partial charge in [0.15, 0.2) is 5.78 Å². The van der Waals surface area contributed by atoms with Crippen LogP contribution < -0.4 is 0 Å². The first-order valence-electron chi connectivity index (χ1n) is 6.92. The molecule has 0 radical (unpaired) electrons. The molecule has 0 aliphatic heterocycles. The molecule has 0 aliphatic carbocycles. The van der Waals surface area contributed by atoms with E-state index in [9.17, 15) is 4.79 Å². The van der Waals surface area contributed by atoms with E-state index in [0.29, 0.717) is 5.56 Å². The van der Waals surface area contributed by atoms with Crippen LogP contribution in [0.5, 0.6) is 0 Å². The largest absolute Gasteiger partial charge is 0.318 e. The summed E-state index contributed by atoms with van der Waals surface area (Å²) in [4.78, 5) is 12.1. The maximum Gasteiger partial charge on any atom is 0.182 e. The maximum atomic E-state index is 12.1. The number of halogens is 1. The topological polar surface area (TPSA) is 22.0 Å². The molecule has 1 heterocycles. The standard InChI is InChI=1S/C17H20ClNO/c1-5-14-6-8-15(9-7-14)19-11(2)10-16(13(19)4)17(20)12(3)18/h6-10,12H,5H2,1-4H3. The Morgan fingerprint density at radius 1 is 1.25 bits per heavy atom. The number of hydrogen-bond acceptors (Lipinski definition) is 1. The Balaban J connectivity index is 2.49. The molecule has 1 unspecified atom stereocenters. The quantitative estimate of drug-likeness (QED) is 0.601. The molecule has 1 atom stereocenters. The van der Waals surface area contributed by atoms with Gasteiger partial charge in [0.2, 0.25) is 0 Å². The summed E-state index contributed by atoms with van der Waals surface area (Å²) in [5, 5.41) is -0.494. The molecular weight excluding hydrogens is 270 g/mol. The van der Waals surface area contributed by atoms with Gasteiger partial charge in [0, 0.05) is 22.6 Å². The first kappa shape index (κ1) is 14.9. The highest BCUT2D eigenvalue weighted by atomic mass is 35.5. The van der Waals surface area contributed by atoms with E-state index in [2.05, 4.69) is 35.8 Å². The zero-order chi connectivity index (χ0) is 14.9. The van der Waals surface area contributed by atoms with E-state index in [-0.39, 0.29) is 5.78 Å². The lowest BCUT2D eigenvalue weighted by Gasteiger charge is -2.11. The predicted molar refractivity (Wildman–Crippen MR) is 84.3 cm³/mol. The molecule has 2 rings (SSSR count). The van der Waals surface area contributed by atoms with Crippen LogP contribution in [0.3, 0.4) is 0 Å². The number of rotatable bonds is 4. The van der Waals surface area contributed by atoms with Crippen molar-refractivity contribution in [2.24, 2.45) is 0 Å². The van der Waals surface area contributed by atoms with Crippen LogP contribution in [0.1, 0.15) is 41.2 Å². The van der Waals surface area contributed by atoms with Gasteiger partial charge in [-0.3, -0.25) is 4.79 Å². The molecule has 0 fully saturated rings. The third kappa shape index (κ3) is 2.66. The van der Waals surface area contributed by atoms with Crippen LogP contribution in [0, 0.1) is 13.8 Å². The average Bonchev–Trinajstić information content (AvgIpc) is 2.73. The zero-order valence-corrected chi connectivity index (χ0v) is 13.2. The number of alkyl halides is 1. The van der Waals surface area contributed by atoms with E-state index in [1.165, 1.54) is 5.56 Å². The minimum absolute atomic E-state index is 0.0174. The van der Waals surface area contributed by atoms with Gasteiger partial charge < -0.3 is 4.57 Å². The number of carbonyl (C=O) groups is 1. The minimum atomic E-state index is -0.494. The fraction of sp³-hybridized carbons (Fsp3) is 0.353. The molecule has 20 heavy (non-hydrogen) atoms. The fourth-order valence-electron chi connectivity index (χ4n) is 2.50. The van der Waals surface area contributed by atoms with Gasteiger partial charge >= 0.3 is 0 Å². The van der Waals surface area contributed by atoms with E-state index in [4.69, 9.17) is 11.6 Å². The van der Waals surface area contributed by atoms with Gasteiger partial charge in [0.25, 0.3) is 0 Å². The van der Waals surface area contributed by atoms with Crippen LogP contribution in [0.15, 0.2) is 30.3 Å². The summed E-state index contributed by atoms with van der Waals surface area (Å²) in [7, 11) is 0. The smallest absolute Gasteiger partial charge is 0.182 e. The number of ketones is 1. The van der Waals surface area contributed by atoms with Crippen molar-refractivity contribution in [3.63, 3.8) is 0 Å². The number of aromatic nitrogens is 1. The molecule has 1 aromatic heterocycles. The van der Waals surface area contributed by atoms with Crippen molar-refractivity contribution in [2.75, 3.05) is 0 Å². The molecule has 3 heteroatoms. The highest BCUT2D eigenvalue weighted by Crippen LogP contribution is 2.23. The molecular formula is C17H20ClNO. The van der Waals surface area contributed by atoms with Crippen molar-refractivity contribution >= 4 is 17.4 Å². The molecule has 1 aromatic carbocycles. The lowest BCUT2D eigenvalue weighted by atomic mass is 10.1. The van der Waals surface area contributed by atoms with Crippen molar-refractivity contribution in [1.82, 2.24) is 4.57 Å². The summed E-state index contributed by atoms with van der Waals surface area (Å²) in [5.74, 6) is -0.0174. The van der Waals surface area contributed by atoms with Crippen LogP contribution in [0.25, 0.3) is 5.69 Å². The molecule has 0 amide bonds. The van der Waals surface area contributed by atoms with Crippen LogP contribution in [-0.2, 0) is 6.42 Å². The summed E-state index contributed by atoms with van der Waals surface area (Å²) in [5.41, 5.74) is 5.10. The summed E-state index contributed by atoms with van der Waals surface area (Å²) in [6, 6.07) is 10.4. The number of carbonyl (C=O) groups excluding carboxylic acids is 1. The summed E-state index contributed by atoms with van der Waals surface area (Å²) in [6.07, 6.45) is 1.03. The molecule has 2 nitrogen and oxygen atoms in total. The predicted octanol–water partition coefficient (Wildman–Crippen LogP) is 4.47. The van der Waals surface area contributed by atoms with Crippen molar-refractivity contribution in [3.05, 3.63) is 52.8 Å². The normalized spacial score (nSPS) is 12.4. The maximum absolute atomic E-state index is 12.1. The van der Waals surface area contributed by atoms with Gasteiger partial charge in [0.05, 0.1) is 5.38 Å². The molecule has 0 saturated heterocycles. The SMILES string of the molecule is CCc1ccc(-n2c(C)cc(C(=O)C(C)Cl)c2C)cc1. The summed E-state index contributed by atoms with van der Waals surface area (Å²) < 4.78 is 2.10. The minimum Gasteiger partial charge on any atom is -0.318 e. The van der Waals surface area contributed by atoms with E-state index in [1.807, 2.05) is 19.9 Å². The second-order valence-electron chi connectivity index (χ2n) is 5.12. The number of benzene rings is 1. The second-order valence-corrected chi connectivity index (χ2v) is 5.78. The molecule has 2 aromatic rings. The van der Waals surface area contributed by atoms with E-state index >= 15 is 0 Å². The van der Waals surface area contributed by atoms with E-state index in [1.54, 1.807) is 6.92 Å². The third-order valence-corrected chi connectivity index (χ3v) is 3.86. The van der Waals surface area contributed by atoms with Crippen LogP contribution >= 0.6 is 11.6 Å². The highest BCUT2D eigenvalue weighted by molar-refractivity contribution is 6.33. The lowest BCUT2D eigenvalue weighted by Crippen LogP contribution is -2.11. The Bertz CT molecular complexity index is 623. The Kier molecular flexibility index (Phi) is 4.34. The number of hydrogen-bond donors (Lipinski definition) is 0. The van der Waals surface area contributed by atoms with E-state index in [0.717, 1.165) is 23.5 Å². The first-order chi connectivity index (χ1) is 9.45. The Morgan fingerprint density at radius 2 is 1.85 bits per heavy atom.